The minimum atomic E-state index is -0.656. The molecule has 1 aliphatic rings. The lowest BCUT2D eigenvalue weighted by molar-refractivity contribution is -0.121. The molecule has 2 aromatic carbocycles. The molecule has 0 aliphatic heterocycles. The van der Waals surface area contributed by atoms with Gasteiger partial charge in [-0.15, -0.1) is 0 Å². The second kappa shape index (κ2) is 7.85. The Labute approximate surface area is 152 Å². The molecule has 0 bridgehead atoms. The molecule has 5 heteroatoms. The van der Waals surface area contributed by atoms with E-state index >= 15 is 0 Å². The summed E-state index contributed by atoms with van der Waals surface area (Å²) < 4.78 is 28.6. The van der Waals surface area contributed by atoms with Crippen LogP contribution in [0.15, 0.2) is 42.5 Å². The van der Waals surface area contributed by atoms with E-state index in [0.29, 0.717) is 31.4 Å². The Morgan fingerprint density at radius 2 is 1.69 bits per heavy atom. The highest BCUT2D eigenvalue weighted by Crippen LogP contribution is 2.42. The summed E-state index contributed by atoms with van der Waals surface area (Å²) in [6, 6.07) is 11.4. The molecule has 26 heavy (non-hydrogen) atoms. The lowest BCUT2D eigenvalue weighted by Crippen LogP contribution is -2.40. The number of hydrogen-bond donors (Lipinski definition) is 2. The Hall–Kier alpha value is -2.43. The molecule has 0 saturated heterocycles. The number of nitrogens with one attached hydrogen (secondary N) is 1. The van der Waals surface area contributed by atoms with Gasteiger partial charge in [-0.1, -0.05) is 37.1 Å². The molecule has 1 saturated carbocycles. The number of amides is 1. The number of nitrogens with two attached hydrogens (primary N) is 1. The fraction of sp³-hybridized carbons (Fsp3) is 0.381. The molecule has 3 rings (SSSR count). The molecule has 0 atom stereocenters. The van der Waals surface area contributed by atoms with Crippen molar-refractivity contribution in [2.24, 2.45) is 0 Å². The molecule has 3 N–H and O–H groups in total. The van der Waals surface area contributed by atoms with E-state index in [1.54, 1.807) is 0 Å². The summed E-state index contributed by atoms with van der Waals surface area (Å²) in [4.78, 5) is 12.3. The van der Waals surface area contributed by atoms with Crippen LogP contribution in [0, 0.1) is 11.6 Å². The molecule has 0 unspecified atom stereocenters. The molecule has 1 fully saturated rings. The number of nitrogen functional groups attached to an aromatic ring is 1. The Balaban J connectivity index is 1.66. The minimum absolute atomic E-state index is 0.116. The summed E-state index contributed by atoms with van der Waals surface area (Å²) in [5, 5.41) is 2.89. The smallest absolute Gasteiger partial charge is 0.220 e. The first-order chi connectivity index (χ1) is 12.5. The van der Waals surface area contributed by atoms with Crippen LogP contribution >= 0.6 is 0 Å². The number of anilines is 1. The Kier molecular flexibility index (Phi) is 5.55. The van der Waals surface area contributed by atoms with E-state index in [0.717, 1.165) is 18.4 Å². The molecule has 0 spiro atoms. The fourth-order valence-corrected chi connectivity index (χ4v) is 3.94. The van der Waals surface area contributed by atoms with Crippen LogP contribution in [0.3, 0.4) is 0 Å². The van der Waals surface area contributed by atoms with Gasteiger partial charge in [0.15, 0.2) is 0 Å². The molecule has 1 amide bonds. The van der Waals surface area contributed by atoms with E-state index < -0.39 is 17.0 Å². The third-order valence-corrected chi connectivity index (χ3v) is 5.35. The van der Waals surface area contributed by atoms with E-state index in [1.807, 2.05) is 24.3 Å². The predicted molar refractivity (Wildman–Crippen MR) is 98.7 cm³/mol. The quantitative estimate of drug-likeness (QED) is 0.764. The maximum absolute atomic E-state index is 14.3. The molecular weight excluding hydrogens is 334 g/mol. The van der Waals surface area contributed by atoms with Gasteiger partial charge in [-0.25, -0.2) is 8.78 Å². The van der Waals surface area contributed by atoms with Gasteiger partial charge in [-0.05, 0) is 43.0 Å². The van der Waals surface area contributed by atoms with Gasteiger partial charge < -0.3 is 11.1 Å². The fourth-order valence-electron chi connectivity index (χ4n) is 3.94. The van der Waals surface area contributed by atoms with E-state index in [4.69, 9.17) is 5.73 Å². The molecule has 138 valence electrons. The van der Waals surface area contributed by atoms with E-state index in [9.17, 15) is 13.6 Å². The van der Waals surface area contributed by atoms with Crippen LogP contribution in [0.5, 0.6) is 0 Å². The minimum Gasteiger partial charge on any atom is -0.399 e. The monoisotopic (exact) mass is 358 g/mol. The number of carbonyl (C=O) groups excluding carboxylic acids is 1. The Bertz CT molecular complexity index is 765. The van der Waals surface area contributed by atoms with Crippen molar-refractivity contribution in [1.82, 2.24) is 5.32 Å². The third-order valence-electron chi connectivity index (χ3n) is 5.35. The van der Waals surface area contributed by atoms with Gasteiger partial charge in [0.25, 0.3) is 0 Å². The first kappa shape index (κ1) is 18.4. The topological polar surface area (TPSA) is 55.1 Å². The normalized spacial score (nSPS) is 15.8. The van der Waals surface area contributed by atoms with Gasteiger partial charge in [0.1, 0.15) is 11.6 Å². The van der Waals surface area contributed by atoms with Crippen LogP contribution in [0.2, 0.25) is 0 Å². The van der Waals surface area contributed by atoms with Crippen LogP contribution < -0.4 is 11.1 Å². The lowest BCUT2D eigenvalue weighted by Gasteiger charge is -2.30. The molecule has 0 aromatic heterocycles. The maximum atomic E-state index is 14.3. The summed E-state index contributed by atoms with van der Waals surface area (Å²) >= 11 is 0. The number of halogens is 2. The molecular formula is C21H24F2N2O. The molecule has 1 aliphatic carbocycles. The zero-order valence-electron chi connectivity index (χ0n) is 14.7. The van der Waals surface area contributed by atoms with Crippen LogP contribution in [0.1, 0.15) is 43.2 Å². The largest absolute Gasteiger partial charge is 0.399 e. The highest BCUT2D eigenvalue weighted by molar-refractivity contribution is 5.76. The van der Waals surface area contributed by atoms with Crippen LogP contribution in [-0.4, -0.2) is 12.5 Å². The Morgan fingerprint density at radius 1 is 1.04 bits per heavy atom. The second-order valence-corrected chi connectivity index (χ2v) is 7.06. The number of hydrogen-bond acceptors (Lipinski definition) is 2. The van der Waals surface area contributed by atoms with Crippen LogP contribution in [-0.2, 0) is 16.6 Å². The highest BCUT2D eigenvalue weighted by atomic mass is 19.1. The maximum Gasteiger partial charge on any atom is 0.220 e. The first-order valence-electron chi connectivity index (χ1n) is 9.06. The zero-order valence-corrected chi connectivity index (χ0v) is 14.7. The van der Waals surface area contributed by atoms with Crippen molar-refractivity contribution < 1.29 is 13.6 Å². The van der Waals surface area contributed by atoms with E-state index in [-0.39, 0.29) is 18.0 Å². The molecule has 0 radical (unpaired) electrons. The average molecular weight is 358 g/mol. The molecule has 0 heterocycles. The summed E-state index contributed by atoms with van der Waals surface area (Å²) in [7, 11) is 0. The summed E-state index contributed by atoms with van der Waals surface area (Å²) in [5.74, 6) is -1.19. The second-order valence-electron chi connectivity index (χ2n) is 7.06. The summed E-state index contributed by atoms with van der Waals surface area (Å²) in [6.45, 7) is 0.258. The van der Waals surface area contributed by atoms with Gasteiger partial charge in [-0.2, -0.15) is 0 Å². The lowest BCUT2D eigenvalue weighted by atomic mass is 9.78. The van der Waals surface area contributed by atoms with Gasteiger partial charge >= 0.3 is 0 Å². The Morgan fingerprint density at radius 3 is 2.35 bits per heavy atom. The van der Waals surface area contributed by atoms with E-state index in [1.165, 1.54) is 18.2 Å². The first-order valence-corrected chi connectivity index (χ1v) is 9.06. The zero-order chi connectivity index (χ0) is 18.6. The van der Waals surface area contributed by atoms with Gasteiger partial charge in [0.05, 0.1) is 0 Å². The number of benzene rings is 2. The van der Waals surface area contributed by atoms with Crippen molar-refractivity contribution in [2.45, 2.75) is 43.9 Å². The number of rotatable bonds is 6. The van der Waals surface area contributed by atoms with Crippen molar-refractivity contribution in [3.63, 3.8) is 0 Å². The van der Waals surface area contributed by atoms with Gasteiger partial charge in [0.2, 0.25) is 5.91 Å². The predicted octanol–water partition coefficient (Wildman–Crippen LogP) is 4.11. The van der Waals surface area contributed by atoms with Crippen molar-refractivity contribution in [3.05, 3.63) is 65.2 Å². The number of carbonyl (C=O) groups is 1. The van der Waals surface area contributed by atoms with Gasteiger partial charge in [-0.3, -0.25) is 4.79 Å². The van der Waals surface area contributed by atoms with Crippen molar-refractivity contribution in [3.8, 4) is 0 Å². The average Bonchev–Trinajstić information content (AvgIpc) is 3.09. The van der Waals surface area contributed by atoms with E-state index in [2.05, 4.69) is 5.32 Å². The highest BCUT2D eigenvalue weighted by Gasteiger charge is 2.40. The SMILES string of the molecule is Nc1ccccc1CCC(=O)NCC1(c2c(F)cccc2F)CCCC1. The number of aryl methyl sites for hydroxylation is 1. The van der Waals surface area contributed by atoms with Crippen LogP contribution in [0.25, 0.3) is 0 Å². The van der Waals surface area contributed by atoms with Crippen molar-refractivity contribution in [2.75, 3.05) is 12.3 Å². The summed E-state index contributed by atoms with van der Waals surface area (Å²) in [6.07, 6.45) is 4.01. The summed E-state index contributed by atoms with van der Waals surface area (Å²) in [5.41, 5.74) is 6.95. The molecule has 3 nitrogen and oxygen atoms in total. The third kappa shape index (κ3) is 3.87. The van der Waals surface area contributed by atoms with Gasteiger partial charge in [0, 0.05) is 29.6 Å². The van der Waals surface area contributed by atoms with Crippen molar-refractivity contribution in [1.29, 1.82) is 0 Å². The standard InChI is InChI=1S/C21H24F2N2O/c22-16-7-5-8-17(23)20(16)21(12-3-4-13-21)14-25-19(26)11-10-15-6-1-2-9-18(15)24/h1-2,5-9H,3-4,10-14,24H2,(H,25,26). The van der Waals surface area contributed by atoms with Crippen molar-refractivity contribution >= 4 is 11.6 Å². The number of para-hydroxylation sites is 1. The van der Waals surface area contributed by atoms with Crippen LogP contribution in [0.4, 0.5) is 14.5 Å². The molecule has 2 aromatic rings.